The second kappa shape index (κ2) is 17.8. The van der Waals surface area contributed by atoms with Crippen LogP contribution in [0.4, 0.5) is 0 Å². The zero-order chi connectivity index (χ0) is 31.9. The number of esters is 1. The van der Waals surface area contributed by atoms with E-state index in [1.807, 2.05) is 30.3 Å². The molecule has 0 saturated carbocycles. The summed E-state index contributed by atoms with van der Waals surface area (Å²) in [5.74, 6) is -0.921. The smallest absolute Gasteiger partial charge is 0.328 e. The lowest BCUT2D eigenvalue weighted by Crippen LogP contribution is -2.34. The summed E-state index contributed by atoms with van der Waals surface area (Å²) in [4.78, 5) is 33.9. The number of carboxylic acid groups (broad SMARTS) is 2. The van der Waals surface area contributed by atoms with Crippen molar-refractivity contribution in [2.24, 2.45) is 5.73 Å². The second-order valence-electron chi connectivity index (χ2n) is 10.5. The summed E-state index contributed by atoms with van der Waals surface area (Å²) >= 11 is 0. The van der Waals surface area contributed by atoms with Gasteiger partial charge in [-0.1, -0.05) is 48.5 Å². The van der Waals surface area contributed by atoms with Gasteiger partial charge < -0.3 is 35.8 Å². The summed E-state index contributed by atoms with van der Waals surface area (Å²) < 4.78 is 11.4. The van der Waals surface area contributed by atoms with E-state index in [1.165, 1.54) is 11.1 Å². The van der Waals surface area contributed by atoms with Crippen molar-refractivity contribution in [2.45, 2.75) is 56.4 Å². The molecule has 3 aromatic carbocycles. The Hall–Kier alpha value is -4.25. The minimum Gasteiger partial charge on any atom is -0.492 e. The van der Waals surface area contributed by atoms with E-state index in [9.17, 15) is 14.4 Å². The van der Waals surface area contributed by atoms with Crippen LogP contribution in [0.1, 0.15) is 66.2 Å². The zero-order valence-electron chi connectivity index (χ0n) is 25.0. The first kappa shape index (κ1) is 34.2. The highest BCUT2D eigenvalue weighted by atomic mass is 16.5. The van der Waals surface area contributed by atoms with E-state index < -0.39 is 23.9 Å². The van der Waals surface area contributed by atoms with Gasteiger partial charge in [-0.3, -0.25) is 9.59 Å². The molecule has 0 bridgehead atoms. The van der Waals surface area contributed by atoms with Crippen LogP contribution in [-0.4, -0.2) is 66.1 Å². The molecule has 0 spiro atoms. The summed E-state index contributed by atoms with van der Waals surface area (Å²) in [7, 11) is 1.00. The van der Waals surface area contributed by atoms with Gasteiger partial charge in [0.2, 0.25) is 0 Å². The number of carbonyl (C=O) groups excluding carboxylic acids is 1. The van der Waals surface area contributed by atoms with Crippen molar-refractivity contribution in [3.8, 4) is 11.5 Å². The van der Waals surface area contributed by atoms with Gasteiger partial charge in [-0.15, -0.1) is 0 Å². The molecule has 3 aromatic rings. The molecule has 1 aliphatic carbocycles. The van der Waals surface area contributed by atoms with Crippen molar-refractivity contribution >= 4 is 17.9 Å². The van der Waals surface area contributed by atoms with Crippen LogP contribution in [0.25, 0.3) is 0 Å². The third-order valence-corrected chi connectivity index (χ3v) is 7.53. The lowest BCUT2D eigenvalue weighted by Gasteiger charge is -2.35. The van der Waals surface area contributed by atoms with Gasteiger partial charge >= 0.3 is 17.9 Å². The highest BCUT2D eigenvalue weighted by Crippen LogP contribution is 2.47. The molecule has 0 radical (unpaired) electrons. The highest BCUT2D eigenvalue weighted by Gasteiger charge is 2.32. The van der Waals surface area contributed by atoms with Crippen molar-refractivity contribution < 1.29 is 39.2 Å². The number of aryl methyl sites for hydroxylation is 1. The van der Waals surface area contributed by atoms with E-state index in [2.05, 4.69) is 41.7 Å². The van der Waals surface area contributed by atoms with E-state index >= 15 is 0 Å². The van der Waals surface area contributed by atoms with Gasteiger partial charge in [-0.25, -0.2) is 4.79 Å². The summed E-state index contributed by atoms with van der Waals surface area (Å²) in [6, 6.07) is 23.3. The standard InChI is InChI=1S/C33H38N2O7.CH4O/c34-29(16-17-31(38)39)33(40)42-26-13-15-28-24(21-26)10-14-27(22-5-2-1-3-6-22)32(28)23-8-11-25(12-9-23)41-20-19-35-18-4-7-30(36)37;1-2/h1-3,5-6,8-9,11-13,15,21,27,29,32,35H,4,7,10,14,16-20,34H2,(H,36,37)(H,38,39);2H,1H3/t27-,29+,32+;/m1./s1. The van der Waals surface area contributed by atoms with Gasteiger partial charge in [0.25, 0.3) is 0 Å². The fraction of sp³-hybridized carbons (Fsp3) is 0.382. The van der Waals surface area contributed by atoms with Crippen LogP contribution < -0.4 is 20.5 Å². The maximum Gasteiger partial charge on any atom is 0.328 e. The van der Waals surface area contributed by atoms with Gasteiger partial charge in [0.15, 0.2) is 0 Å². The number of fused-ring (bicyclic) bond motifs is 1. The van der Waals surface area contributed by atoms with Crippen LogP contribution in [0.5, 0.6) is 11.5 Å². The topological polar surface area (TPSA) is 168 Å². The molecule has 0 saturated heterocycles. The molecule has 0 aromatic heterocycles. The van der Waals surface area contributed by atoms with Crippen LogP contribution in [0.15, 0.2) is 72.8 Å². The van der Waals surface area contributed by atoms with E-state index in [0.717, 1.165) is 36.8 Å². The monoisotopic (exact) mass is 606 g/mol. The van der Waals surface area contributed by atoms with Crippen LogP contribution in [0.2, 0.25) is 0 Å². The van der Waals surface area contributed by atoms with Crippen molar-refractivity contribution in [3.63, 3.8) is 0 Å². The predicted molar refractivity (Wildman–Crippen MR) is 166 cm³/mol. The Labute approximate surface area is 257 Å². The molecular formula is C34H42N2O8. The number of nitrogens with one attached hydrogen (secondary N) is 1. The van der Waals surface area contributed by atoms with Gasteiger partial charge in [0.05, 0.1) is 0 Å². The molecule has 6 N–H and O–H groups in total. The number of carboxylic acids is 2. The first-order chi connectivity index (χ1) is 21.3. The maximum atomic E-state index is 12.4. The molecule has 1 aliphatic rings. The van der Waals surface area contributed by atoms with E-state index in [0.29, 0.717) is 31.9 Å². The molecule has 0 amide bonds. The molecule has 10 heteroatoms. The molecule has 4 rings (SSSR count). The SMILES string of the molecule is CO.N[C@@H](CCC(=O)O)C(=O)Oc1ccc2c(c1)CC[C@H](c1ccccc1)[C@@H]2c1ccc(OCCNCCCC(=O)O)cc1. The van der Waals surface area contributed by atoms with Crippen molar-refractivity contribution in [3.05, 3.63) is 95.1 Å². The third-order valence-electron chi connectivity index (χ3n) is 7.53. The zero-order valence-corrected chi connectivity index (χ0v) is 25.0. The lowest BCUT2D eigenvalue weighted by molar-refractivity contribution is -0.139. The number of carbonyl (C=O) groups is 3. The summed E-state index contributed by atoms with van der Waals surface area (Å²) in [6.07, 6.45) is 2.30. The Kier molecular flexibility index (Phi) is 13.8. The van der Waals surface area contributed by atoms with Gasteiger partial charge in [0.1, 0.15) is 24.1 Å². The molecule has 0 fully saturated rings. The minimum atomic E-state index is -1.01. The number of aliphatic carboxylic acids is 2. The molecule has 3 atom stereocenters. The number of rotatable bonds is 15. The van der Waals surface area contributed by atoms with E-state index in [4.69, 9.17) is 30.5 Å². The Morgan fingerprint density at radius 2 is 1.57 bits per heavy atom. The normalized spacial score (nSPS) is 16.1. The number of ether oxygens (including phenoxy) is 2. The van der Waals surface area contributed by atoms with E-state index in [1.54, 1.807) is 6.07 Å². The Bertz CT molecular complexity index is 1350. The van der Waals surface area contributed by atoms with Crippen LogP contribution in [0.3, 0.4) is 0 Å². The van der Waals surface area contributed by atoms with Gasteiger partial charge in [0, 0.05) is 32.4 Å². The fourth-order valence-electron chi connectivity index (χ4n) is 5.42. The fourth-order valence-corrected chi connectivity index (χ4v) is 5.42. The summed E-state index contributed by atoms with van der Waals surface area (Å²) in [5, 5.41) is 27.8. The number of aliphatic hydroxyl groups is 1. The molecule has 0 unspecified atom stereocenters. The number of hydrogen-bond donors (Lipinski definition) is 5. The average Bonchev–Trinajstić information content (AvgIpc) is 3.04. The summed E-state index contributed by atoms with van der Waals surface area (Å²) in [6.45, 7) is 1.74. The Balaban J connectivity index is 0.00000259. The van der Waals surface area contributed by atoms with Crippen LogP contribution in [0, 0.1) is 0 Å². The molecule has 0 aliphatic heterocycles. The second-order valence-corrected chi connectivity index (χ2v) is 10.5. The van der Waals surface area contributed by atoms with Crippen LogP contribution in [-0.2, 0) is 20.8 Å². The predicted octanol–water partition coefficient (Wildman–Crippen LogP) is 4.09. The highest BCUT2D eigenvalue weighted by molar-refractivity contribution is 5.79. The average molecular weight is 607 g/mol. The molecule has 10 nitrogen and oxygen atoms in total. The lowest BCUT2D eigenvalue weighted by atomic mass is 9.69. The largest absolute Gasteiger partial charge is 0.492 e. The molecular weight excluding hydrogens is 564 g/mol. The van der Waals surface area contributed by atoms with Crippen molar-refractivity contribution in [1.82, 2.24) is 5.32 Å². The van der Waals surface area contributed by atoms with Crippen molar-refractivity contribution in [2.75, 3.05) is 26.8 Å². The quantitative estimate of drug-likeness (QED) is 0.0965. The van der Waals surface area contributed by atoms with E-state index in [-0.39, 0.29) is 31.1 Å². The Morgan fingerprint density at radius 1 is 0.886 bits per heavy atom. The number of hydrogen-bond acceptors (Lipinski definition) is 8. The molecule has 236 valence electrons. The maximum absolute atomic E-state index is 12.4. The molecule has 0 heterocycles. The minimum absolute atomic E-state index is 0.0168. The van der Waals surface area contributed by atoms with Gasteiger partial charge in [-0.2, -0.15) is 0 Å². The summed E-state index contributed by atoms with van der Waals surface area (Å²) in [5.41, 5.74) is 10.5. The van der Waals surface area contributed by atoms with Gasteiger partial charge in [-0.05, 0) is 84.7 Å². The first-order valence-electron chi connectivity index (χ1n) is 14.8. The first-order valence-corrected chi connectivity index (χ1v) is 14.8. The van der Waals surface area contributed by atoms with Crippen molar-refractivity contribution in [1.29, 1.82) is 0 Å². The number of nitrogens with two attached hydrogens (primary N) is 1. The number of aliphatic hydroxyl groups excluding tert-OH is 1. The third kappa shape index (κ3) is 10.2. The molecule has 44 heavy (non-hydrogen) atoms. The Morgan fingerprint density at radius 3 is 2.25 bits per heavy atom. The number of benzene rings is 3. The van der Waals surface area contributed by atoms with Crippen LogP contribution >= 0.6 is 0 Å².